The van der Waals surface area contributed by atoms with Crippen LogP contribution in [0, 0.1) is 0 Å². The van der Waals surface area contributed by atoms with Crippen molar-refractivity contribution in [3.05, 3.63) is 119 Å². The van der Waals surface area contributed by atoms with Gasteiger partial charge in [-0.05, 0) is 29.7 Å². The molecule has 158 valence electrons. The van der Waals surface area contributed by atoms with Crippen molar-refractivity contribution >= 4 is 5.82 Å². The van der Waals surface area contributed by atoms with Crippen LogP contribution in [-0.4, -0.2) is 23.4 Å². The fourth-order valence-electron chi connectivity index (χ4n) is 4.41. The molecule has 3 aromatic carbocycles. The van der Waals surface area contributed by atoms with Crippen LogP contribution in [0.25, 0.3) is 0 Å². The van der Waals surface area contributed by atoms with Crippen LogP contribution in [0.1, 0.15) is 28.4 Å². The van der Waals surface area contributed by atoms with Gasteiger partial charge in [-0.25, -0.2) is 4.68 Å². The molecular weight excluding hydrogens is 384 g/mol. The van der Waals surface area contributed by atoms with Gasteiger partial charge in [-0.15, -0.1) is 0 Å². The van der Waals surface area contributed by atoms with Gasteiger partial charge in [0.25, 0.3) is 0 Å². The highest BCUT2D eigenvalue weighted by atomic mass is 16.5. The second kappa shape index (κ2) is 9.16. The van der Waals surface area contributed by atoms with E-state index in [0.717, 1.165) is 22.3 Å². The minimum absolute atomic E-state index is 0.383. The fourth-order valence-corrected chi connectivity index (χ4v) is 4.41. The Morgan fingerprint density at radius 3 is 1.87 bits per heavy atom. The Bertz CT molecular complexity index is 1050. The van der Waals surface area contributed by atoms with Crippen LogP contribution >= 0.6 is 0 Å². The van der Waals surface area contributed by atoms with Crippen LogP contribution in [0.3, 0.4) is 0 Å². The van der Waals surface area contributed by atoms with Gasteiger partial charge >= 0.3 is 0 Å². The molecule has 0 saturated heterocycles. The first-order chi connectivity index (χ1) is 15.2. The Morgan fingerprint density at radius 1 is 0.871 bits per heavy atom. The minimum Gasteiger partial charge on any atom is -0.384 e. The van der Waals surface area contributed by atoms with Crippen molar-refractivity contribution in [2.24, 2.45) is 5.73 Å². The van der Waals surface area contributed by atoms with Crippen molar-refractivity contribution in [2.45, 2.75) is 18.1 Å². The molecule has 1 atom stereocenters. The summed E-state index contributed by atoms with van der Waals surface area (Å²) in [5, 5.41) is 4.81. The molecule has 4 aromatic rings. The minimum atomic E-state index is -0.824. The van der Waals surface area contributed by atoms with Crippen molar-refractivity contribution in [3.8, 4) is 0 Å². The molecule has 0 amide bonds. The molecule has 0 fully saturated rings. The number of anilines is 1. The Labute approximate surface area is 183 Å². The average molecular weight is 413 g/mol. The maximum absolute atomic E-state index is 6.71. The number of aromatic nitrogens is 2. The Morgan fingerprint density at radius 2 is 1.39 bits per heavy atom. The van der Waals surface area contributed by atoms with E-state index in [2.05, 4.69) is 36.4 Å². The van der Waals surface area contributed by atoms with E-state index in [1.165, 1.54) is 0 Å². The fraction of sp³-hybridized carbons (Fsp3) is 0.192. The summed E-state index contributed by atoms with van der Waals surface area (Å²) in [5.74, 6) is 0.594. The number of nitrogens with two attached hydrogens (primary N) is 2. The number of methoxy groups -OCH3 is 1. The number of benzene rings is 3. The number of hydrogen-bond acceptors (Lipinski definition) is 4. The van der Waals surface area contributed by atoms with Gasteiger partial charge in [0, 0.05) is 12.7 Å². The van der Waals surface area contributed by atoms with Crippen LogP contribution in [0.15, 0.2) is 97.2 Å². The maximum Gasteiger partial charge on any atom is 0.145 e. The molecule has 1 aromatic heterocycles. The zero-order chi connectivity index (χ0) is 21.7. The Balaban J connectivity index is 2.10. The highest BCUT2D eigenvalue weighted by molar-refractivity contribution is 5.50. The van der Waals surface area contributed by atoms with Gasteiger partial charge in [0.1, 0.15) is 17.5 Å². The largest absolute Gasteiger partial charge is 0.384 e. The molecule has 5 nitrogen and oxygen atoms in total. The molecule has 0 aliphatic rings. The summed E-state index contributed by atoms with van der Waals surface area (Å²) >= 11 is 0. The number of hydrogen-bond donors (Lipinski definition) is 2. The zero-order valence-electron chi connectivity index (χ0n) is 17.7. The predicted molar refractivity (Wildman–Crippen MR) is 125 cm³/mol. The molecule has 0 spiro atoms. The lowest BCUT2D eigenvalue weighted by Gasteiger charge is -2.42. The topological polar surface area (TPSA) is 79.1 Å². The molecule has 31 heavy (non-hydrogen) atoms. The SMILES string of the molecule is COC(c1ccccc1)C(c1ccccc1)(c1ccccc1)n1ncc(CCN)c1N. The lowest BCUT2D eigenvalue weighted by molar-refractivity contribution is 0.0289. The summed E-state index contributed by atoms with van der Waals surface area (Å²) < 4.78 is 8.15. The molecule has 4 N–H and O–H groups in total. The zero-order valence-corrected chi connectivity index (χ0v) is 17.7. The molecule has 4 rings (SSSR count). The van der Waals surface area contributed by atoms with E-state index in [9.17, 15) is 0 Å². The first-order valence-electron chi connectivity index (χ1n) is 10.4. The maximum atomic E-state index is 6.71. The molecule has 5 heteroatoms. The quantitative estimate of drug-likeness (QED) is 0.456. The van der Waals surface area contributed by atoms with Crippen LogP contribution < -0.4 is 11.5 Å². The first-order valence-corrected chi connectivity index (χ1v) is 10.4. The van der Waals surface area contributed by atoms with Gasteiger partial charge < -0.3 is 16.2 Å². The number of rotatable bonds is 8. The van der Waals surface area contributed by atoms with Crippen molar-refractivity contribution < 1.29 is 4.74 Å². The van der Waals surface area contributed by atoms with Gasteiger partial charge in [0.15, 0.2) is 0 Å². The highest BCUT2D eigenvalue weighted by Gasteiger charge is 2.47. The molecule has 0 aliphatic carbocycles. The summed E-state index contributed by atoms with van der Waals surface area (Å²) in [5.41, 5.74) is 15.7. The normalized spacial score (nSPS) is 12.6. The smallest absolute Gasteiger partial charge is 0.145 e. The Hall–Kier alpha value is -3.41. The first kappa shape index (κ1) is 20.8. The molecule has 0 aliphatic heterocycles. The van der Waals surface area contributed by atoms with E-state index < -0.39 is 5.54 Å². The highest BCUT2D eigenvalue weighted by Crippen LogP contribution is 2.47. The van der Waals surface area contributed by atoms with Crippen molar-refractivity contribution in [1.82, 2.24) is 9.78 Å². The average Bonchev–Trinajstić information content (AvgIpc) is 3.19. The summed E-state index contributed by atoms with van der Waals surface area (Å²) in [6.07, 6.45) is 2.10. The summed E-state index contributed by atoms with van der Waals surface area (Å²) in [6.45, 7) is 0.506. The molecule has 0 radical (unpaired) electrons. The second-order valence-corrected chi connectivity index (χ2v) is 7.53. The van der Waals surface area contributed by atoms with Gasteiger partial charge in [-0.3, -0.25) is 0 Å². The third-order valence-corrected chi connectivity index (χ3v) is 5.78. The van der Waals surface area contributed by atoms with E-state index in [-0.39, 0.29) is 6.10 Å². The molecule has 0 saturated carbocycles. The summed E-state index contributed by atoms with van der Waals surface area (Å²) in [6, 6.07) is 30.8. The third kappa shape index (κ3) is 3.63. The Kier molecular flexibility index (Phi) is 6.16. The van der Waals surface area contributed by atoms with E-state index in [0.29, 0.717) is 18.8 Å². The van der Waals surface area contributed by atoms with E-state index in [1.807, 2.05) is 65.5 Å². The van der Waals surface area contributed by atoms with E-state index in [4.69, 9.17) is 21.3 Å². The van der Waals surface area contributed by atoms with Crippen molar-refractivity contribution in [3.63, 3.8) is 0 Å². The molecule has 1 heterocycles. The molecular formula is C26H28N4O. The van der Waals surface area contributed by atoms with Gasteiger partial charge in [0.2, 0.25) is 0 Å². The monoisotopic (exact) mass is 412 g/mol. The predicted octanol–water partition coefficient (Wildman–Crippen LogP) is 4.15. The van der Waals surface area contributed by atoms with Crippen LogP contribution in [0.2, 0.25) is 0 Å². The van der Waals surface area contributed by atoms with Gasteiger partial charge in [-0.1, -0.05) is 91.0 Å². The molecule has 1 unspecified atom stereocenters. The summed E-state index contributed by atoms with van der Waals surface area (Å²) in [7, 11) is 1.73. The standard InChI is InChI=1S/C26H28N4O/c1-31-24(20-11-5-2-6-12-20)26(22-13-7-3-8-14-22,23-15-9-4-10-16-23)30-25(28)21(17-18-27)19-29-30/h2-16,19,24H,17-18,27-28H2,1H3. The van der Waals surface area contributed by atoms with Crippen LogP contribution in [0.4, 0.5) is 5.82 Å². The van der Waals surface area contributed by atoms with Gasteiger partial charge in [-0.2, -0.15) is 5.10 Å². The van der Waals surface area contributed by atoms with Crippen molar-refractivity contribution in [2.75, 3.05) is 19.4 Å². The lowest BCUT2D eigenvalue weighted by atomic mass is 9.75. The van der Waals surface area contributed by atoms with E-state index >= 15 is 0 Å². The lowest BCUT2D eigenvalue weighted by Crippen LogP contribution is -2.44. The van der Waals surface area contributed by atoms with Gasteiger partial charge in [0.05, 0.1) is 6.20 Å². The van der Waals surface area contributed by atoms with Crippen molar-refractivity contribution in [1.29, 1.82) is 0 Å². The number of ether oxygens (including phenoxy) is 1. The summed E-state index contributed by atoms with van der Waals surface area (Å²) in [4.78, 5) is 0. The van der Waals surface area contributed by atoms with Crippen LogP contribution in [-0.2, 0) is 16.7 Å². The molecule has 0 bridgehead atoms. The van der Waals surface area contributed by atoms with E-state index in [1.54, 1.807) is 7.11 Å². The number of nitrogen functional groups attached to an aromatic ring is 1. The number of nitrogens with zero attached hydrogens (tertiary/aromatic N) is 2. The third-order valence-electron chi connectivity index (χ3n) is 5.78. The second-order valence-electron chi connectivity index (χ2n) is 7.53. The van der Waals surface area contributed by atoms with Crippen LogP contribution in [0.5, 0.6) is 0 Å².